The van der Waals surface area contributed by atoms with Crippen LogP contribution >= 0.6 is 11.6 Å². The van der Waals surface area contributed by atoms with Crippen molar-refractivity contribution in [3.8, 4) is 12.3 Å². The number of allylic oxidation sites excluding steroid dienone is 1. The van der Waals surface area contributed by atoms with E-state index in [1.54, 1.807) is 6.92 Å². The zero-order chi connectivity index (χ0) is 11.7. The molecule has 0 unspecified atom stereocenters. The van der Waals surface area contributed by atoms with Crippen molar-refractivity contribution in [1.82, 2.24) is 5.48 Å². The molecule has 0 spiro atoms. The first-order valence-corrected chi connectivity index (χ1v) is 4.39. The molecule has 0 amide bonds. The average molecular weight is 232 g/mol. The fourth-order valence-corrected chi connectivity index (χ4v) is 0.717. The Bertz CT molecular complexity index is 306. The number of carbonyl (C=O) groups is 2. The second-order valence-corrected chi connectivity index (χ2v) is 2.55. The van der Waals surface area contributed by atoms with Crippen LogP contribution in [0.5, 0.6) is 0 Å². The summed E-state index contributed by atoms with van der Waals surface area (Å²) >= 11 is 5.07. The van der Waals surface area contributed by atoms with Crippen molar-refractivity contribution in [2.75, 3.05) is 13.2 Å². The van der Waals surface area contributed by atoms with Gasteiger partial charge in [0.05, 0.1) is 6.61 Å². The van der Waals surface area contributed by atoms with Gasteiger partial charge in [-0.15, -0.1) is 6.42 Å². The van der Waals surface area contributed by atoms with E-state index in [9.17, 15) is 9.59 Å². The van der Waals surface area contributed by atoms with Gasteiger partial charge >= 0.3 is 5.97 Å². The summed E-state index contributed by atoms with van der Waals surface area (Å²) in [6.07, 6.45) is 5.75. The minimum absolute atomic E-state index is 0.0623. The highest BCUT2D eigenvalue weighted by Gasteiger charge is 2.11. The van der Waals surface area contributed by atoms with Gasteiger partial charge in [-0.25, -0.2) is 4.79 Å². The molecule has 0 rings (SSSR count). The fraction of sp³-hybridized carbons (Fsp3) is 0.333. The Balaban J connectivity index is 4.39. The van der Waals surface area contributed by atoms with Crippen LogP contribution in [-0.2, 0) is 19.2 Å². The molecule has 0 aliphatic heterocycles. The molecule has 0 fully saturated rings. The van der Waals surface area contributed by atoms with E-state index in [1.165, 1.54) is 0 Å². The van der Waals surface area contributed by atoms with Gasteiger partial charge in [-0.1, -0.05) is 5.92 Å². The fourth-order valence-electron chi connectivity index (χ4n) is 0.608. The molecule has 1 N–H and O–H groups in total. The highest BCUT2D eigenvalue weighted by Crippen LogP contribution is 1.96. The maximum absolute atomic E-state index is 11.2. The molecule has 0 bridgehead atoms. The summed E-state index contributed by atoms with van der Waals surface area (Å²) in [4.78, 5) is 26.4. The number of hydrogen-bond acceptors (Lipinski definition) is 5. The third-order valence-corrected chi connectivity index (χ3v) is 1.20. The monoisotopic (exact) mass is 231 g/mol. The van der Waals surface area contributed by atoms with Gasteiger partial charge in [0.2, 0.25) is 5.24 Å². The molecule has 0 saturated carbocycles. The van der Waals surface area contributed by atoms with Crippen LogP contribution in [0.3, 0.4) is 0 Å². The normalized spacial score (nSPS) is 10.3. The maximum atomic E-state index is 11.2. The topological polar surface area (TPSA) is 64.6 Å². The number of terminal acetylenes is 1. The van der Waals surface area contributed by atoms with Gasteiger partial charge in [-0.2, -0.15) is 0 Å². The van der Waals surface area contributed by atoms with E-state index in [0.29, 0.717) is 0 Å². The smallest absolute Gasteiger partial charge is 0.356 e. The van der Waals surface area contributed by atoms with Crippen LogP contribution in [0.2, 0.25) is 0 Å². The molecule has 0 saturated heterocycles. The molecular formula is C9H10ClNO4. The maximum Gasteiger partial charge on any atom is 0.356 e. The SMILES string of the molecule is C#CCONC(=CC(=O)Cl)C(=O)OCC. The molecule has 0 aromatic carbocycles. The molecule has 0 aromatic heterocycles. The highest BCUT2D eigenvalue weighted by molar-refractivity contribution is 6.66. The second kappa shape index (κ2) is 7.85. The van der Waals surface area contributed by atoms with Gasteiger partial charge in [-0.05, 0) is 18.5 Å². The van der Waals surface area contributed by atoms with E-state index in [-0.39, 0.29) is 18.9 Å². The number of carbonyl (C=O) groups excluding carboxylic acids is 2. The molecule has 15 heavy (non-hydrogen) atoms. The van der Waals surface area contributed by atoms with Crippen molar-refractivity contribution in [3.63, 3.8) is 0 Å². The molecular weight excluding hydrogens is 222 g/mol. The molecule has 6 heteroatoms. The van der Waals surface area contributed by atoms with Crippen molar-refractivity contribution in [3.05, 3.63) is 11.8 Å². The van der Waals surface area contributed by atoms with Crippen LogP contribution in [0, 0.1) is 12.3 Å². The van der Waals surface area contributed by atoms with Crippen molar-refractivity contribution in [2.24, 2.45) is 0 Å². The van der Waals surface area contributed by atoms with E-state index >= 15 is 0 Å². The Morgan fingerprint density at radius 3 is 2.73 bits per heavy atom. The Hall–Kier alpha value is -1.51. The lowest BCUT2D eigenvalue weighted by molar-refractivity contribution is -0.140. The van der Waals surface area contributed by atoms with Gasteiger partial charge in [-0.3, -0.25) is 15.1 Å². The van der Waals surface area contributed by atoms with Crippen molar-refractivity contribution < 1.29 is 19.2 Å². The van der Waals surface area contributed by atoms with Crippen LogP contribution in [0.1, 0.15) is 6.92 Å². The molecule has 0 heterocycles. The van der Waals surface area contributed by atoms with E-state index in [2.05, 4.69) is 21.0 Å². The van der Waals surface area contributed by atoms with Gasteiger partial charge in [0.1, 0.15) is 6.61 Å². The van der Waals surface area contributed by atoms with Crippen LogP contribution < -0.4 is 5.48 Å². The van der Waals surface area contributed by atoms with Gasteiger partial charge in [0.25, 0.3) is 0 Å². The molecule has 0 aliphatic rings. The zero-order valence-electron chi connectivity index (χ0n) is 8.08. The van der Waals surface area contributed by atoms with E-state index in [1.807, 2.05) is 0 Å². The van der Waals surface area contributed by atoms with Gasteiger partial charge in [0.15, 0.2) is 5.70 Å². The lowest BCUT2D eigenvalue weighted by atomic mass is 10.4. The summed E-state index contributed by atoms with van der Waals surface area (Å²) in [5.74, 6) is 1.42. The van der Waals surface area contributed by atoms with Gasteiger partial charge in [0, 0.05) is 6.08 Å². The summed E-state index contributed by atoms with van der Waals surface area (Å²) in [7, 11) is 0. The Morgan fingerprint density at radius 2 is 2.27 bits per heavy atom. The molecule has 82 valence electrons. The molecule has 0 atom stereocenters. The summed E-state index contributed by atoms with van der Waals surface area (Å²) in [6.45, 7) is 1.73. The highest BCUT2D eigenvalue weighted by atomic mass is 35.5. The van der Waals surface area contributed by atoms with Crippen LogP contribution in [0.25, 0.3) is 0 Å². The Morgan fingerprint density at radius 1 is 1.60 bits per heavy atom. The van der Waals surface area contributed by atoms with Crippen LogP contribution in [-0.4, -0.2) is 24.4 Å². The minimum Gasteiger partial charge on any atom is -0.461 e. The Kier molecular flexibility index (Phi) is 7.06. The summed E-state index contributed by atoms with van der Waals surface area (Å²) in [6, 6.07) is 0. The predicted octanol–water partition coefficient (Wildman–Crippen LogP) is 0.353. The number of hydrogen-bond donors (Lipinski definition) is 1. The van der Waals surface area contributed by atoms with E-state index in [0.717, 1.165) is 6.08 Å². The van der Waals surface area contributed by atoms with E-state index < -0.39 is 11.2 Å². The molecule has 0 aliphatic carbocycles. The predicted molar refractivity (Wildman–Crippen MR) is 53.5 cm³/mol. The largest absolute Gasteiger partial charge is 0.461 e. The van der Waals surface area contributed by atoms with E-state index in [4.69, 9.17) is 18.0 Å². The Labute approximate surface area is 92.3 Å². The molecule has 0 radical (unpaired) electrons. The van der Waals surface area contributed by atoms with Crippen molar-refractivity contribution in [1.29, 1.82) is 0 Å². The molecule has 5 nitrogen and oxygen atoms in total. The van der Waals surface area contributed by atoms with Crippen LogP contribution in [0.4, 0.5) is 0 Å². The quantitative estimate of drug-likeness (QED) is 0.179. The number of rotatable bonds is 6. The second-order valence-electron chi connectivity index (χ2n) is 2.18. The average Bonchev–Trinajstić information content (AvgIpc) is 2.16. The van der Waals surface area contributed by atoms with Crippen LogP contribution in [0.15, 0.2) is 11.8 Å². The lowest BCUT2D eigenvalue weighted by Gasteiger charge is -2.07. The first-order chi connectivity index (χ1) is 7.11. The molecule has 0 aromatic rings. The number of halogens is 1. The first-order valence-electron chi connectivity index (χ1n) is 4.01. The summed E-state index contributed by atoms with van der Waals surface area (Å²) < 4.78 is 4.62. The first kappa shape index (κ1) is 13.5. The van der Waals surface area contributed by atoms with Crippen molar-refractivity contribution >= 4 is 22.8 Å². The minimum atomic E-state index is -0.824. The number of esters is 1. The summed E-state index contributed by atoms with van der Waals surface area (Å²) in [5, 5.41) is -0.824. The number of ether oxygens (including phenoxy) is 1. The lowest BCUT2D eigenvalue weighted by Crippen LogP contribution is -2.23. The third-order valence-electron chi connectivity index (χ3n) is 1.09. The van der Waals surface area contributed by atoms with Gasteiger partial charge < -0.3 is 4.74 Å². The number of hydroxylamine groups is 1. The zero-order valence-corrected chi connectivity index (χ0v) is 8.84. The third kappa shape index (κ3) is 6.55. The van der Waals surface area contributed by atoms with Crippen molar-refractivity contribution in [2.45, 2.75) is 6.92 Å². The number of nitrogens with one attached hydrogen (secondary N) is 1. The summed E-state index contributed by atoms with van der Waals surface area (Å²) in [5.41, 5.74) is 1.97. The standard InChI is InChI=1S/C9H10ClNO4/c1-3-5-15-11-7(6-8(10)12)9(13)14-4-2/h1,6,11H,4-5H2,2H3.